The Labute approximate surface area is 104 Å². The van der Waals surface area contributed by atoms with Crippen LogP contribution in [0, 0.1) is 5.82 Å². The van der Waals surface area contributed by atoms with E-state index in [1.807, 2.05) is 0 Å². The molecule has 1 aromatic carbocycles. The average molecular weight is 252 g/mol. The average Bonchev–Trinajstić information content (AvgIpc) is 2.35. The molecule has 0 bridgehead atoms. The Morgan fingerprint density at radius 3 is 2.76 bits per heavy atom. The van der Waals surface area contributed by atoms with Crippen molar-refractivity contribution in [3.8, 4) is 0 Å². The molecule has 17 heavy (non-hydrogen) atoms. The Bertz CT molecular complexity index is 484. The highest BCUT2D eigenvalue weighted by molar-refractivity contribution is 6.31. The fraction of sp³-hybridized carbons (Fsp3) is 0.167. The molecule has 0 radical (unpaired) electrons. The topological polar surface area (TPSA) is 37.8 Å². The van der Waals surface area contributed by atoms with E-state index in [0.29, 0.717) is 16.3 Å². The molecule has 0 amide bonds. The molecule has 88 valence electrons. The van der Waals surface area contributed by atoms with Gasteiger partial charge < -0.3 is 5.32 Å². The van der Waals surface area contributed by atoms with Crippen molar-refractivity contribution >= 4 is 11.6 Å². The highest BCUT2D eigenvalue weighted by atomic mass is 35.5. The van der Waals surface area contributed by atoms with Gasteiger partial charge >= 0.3 is 0 Å². The number of benzene rings is 1. The lowest BCUT2D eigenvalue weighted by Crippen LogP contribution is -2.20. The van der Waals surface area contributed by atoms with Gasteiger partial charge in [-0.1, -0.05) is 17.7 Å². The number of rotatable bonds is 3. The molecule has 1 unspecified atom stereocenters. The molecule has 0 aliphatic heterocycles. The van der Waals surface area contributed by atoms with E-state index in [2.05, 4.69) is 15.3 Å². The summed E-state index contributed by atoms with van der Waals surface area (Å²) < 4.78 is 13.8. The quantitative estimate of drug-likeness (QED) is 0.911. The summed E-state index contributed by atoms with van der Waals surface area (Å²) in [5, 5.41) is 3.36. The van der Waals surface area contributed by atoms with Crippen LogP contribution in [-0.4, -0.2) is 17.0 Å². The Kier molecular flexibility index (Phi) is 3.66. The maximum Gasteiger partial charge on any atom is 0.129 e. The molecule has 0 saturated carbocycles. The summed E-state index contributed by atoms with van der Waals surface area (Å²) in [6.45, 7) is 0. The third-order valence-electron chi connectivity index (χ3n) is 2.46. The molecule has 2 aromatic rings. The molecule has 0 fully saturated rings. The third-order valence-corrected chi connectivity index (χ3v) is 2.79. The molecule has 1 N–H and O–H groups in total. The largest absolute Gasteiger partial charge is 0.308 e. The van der Waals surface area contributed by atoms with E-state index < -0.39 is 6.04 Å². The van der Waals surface area contributed by atoms with Crippen molar-refractivity contribution in [1.82, 2.24) is 15.3 Å². The molecule has 0 aliphatic carbocycles. The number of hydrogen-bond donors (Lipinski definition) is 1. The molecule has 0 aliphatic rings. The summed E-state index contributed by atoms with van der Waals surface area (Å²) in [5.74, 6) is -0.359. The normalized spacial score (nSPS) is 12.4. The second-order valence-electron chi connectivity index (χ2n) is 3.49. The number of aromatic nitrogens is 2. The molecule has 1 aromatic heterocycles. The van der Waals surface area contributed by atoms with Crippen LogP contribution in [0.15, 0.2) is 36.8 Å². The van der Waals surface area contributed by atoms with Crippen LogP contribution in [0.5, 0.6) is 0 Å². The first kappa shape index (κ1) is 12.0. The summed E-state index contributed by atoms with van der Waals surface area (Å²) in [6.07, 6.45) is 4.72. The van der Waals surface area contributed by atoms with Crippen LogP contribution in [-0.2, 0) is 0 Å². The third kappa shape index (κ3) is 2.43. The van der Waals surface area contributed by atoms with Crippen LogP contribution < -0.4 is 5.32 Å². The minimum Gasteiger partial charge on any atom is -0.308 e. The summed E-state index contributed by atoms with van der Waals surface area (Å²) in [5.41, 5.74) is 1.01. The van der Waals surface area contributed by atoms with Gasteiger partial charge in [0.1, 0.15) is 5.82 Å². The van der Waals surface area contributed by atoms with Crippen molar-refractivity contribution in [2.45, 2.75) is 6.04 Å². The maximum atomic E-state index is 13.8. The lowest BCUT2D eigenvalue weighted by molar-refractivity contribution is 0.570. The van der Waals surface area contributed by atoms with Gasteiger partial charge in [-0.25, -0.2) is 4.39 Å². The smallest absolute Gasteiger partial charge is 0.129 e. The first-order chi connectivity index (χ1) is 8.24. The lowest BCUT2D eigenvalue weighted by atomic mass is 10.0. The number of halogens is 2. The fourth-order valence-electron chi connectivity index (χ4n) is 1.69. The van der Waals surface area contributed by atoms with E-state index in [4.69, 9.17) is 11.6 Å². The fourth-order valence-corrected chi connectivity index (χ4v) is 1.96. The van der Waals surface area contributed by atoms with Crippen molar-refractivity contribution in [1.29, 1.82) is 0 Å². The van der Waals surface area contributed by atoms with E-state index in [0.717, 1.165) is 0 Å². The van der Waals surface area contributed by atoms with Gasteiger partial charge in [0.15, 0.2) is 0 Å². The second-order valence-corrected chi connectivity index (χ2v) is 3.89. The Hall–Kier alpha value is -1.52. The Morgan fingerprint density at radius 2 is 2.18 bits per heavy atom. The van der Waals surface area contributed by atoms with Gasteiger partial charge in [0.05, 0.1) is 17.9 Å². The highest BCUT2D eigenvalue weighted by Gasteiger charge is 2.20. The second kappa shape index (κ2) is 5.21. The van der Waals surface area contributed by atoms with Crippen molar-refractivity contribution in [2.75, 3.05) is 7.05 Å². The van der Waals surface area contributed by atoms with Crippen LogP contribution in [0.4, 0.5) is 4.39 Å². The SMILES string of the molecule is CNC(c1cnccn1)c1c(F)cccc1Cl. The molecular formula is C12H11ClFN3. The molecule has 1 heterocycles. The van der Waals surface area contributed by atoms with E-state index >= 15 is 0 Å². The zero-order chi connectivity index (χ0) is 12.3. The summed E-state index contributed by atoms with van der Waals surface area (Å²) in [7, 11) is 1.72. The summed E-state index contributed by atoms with van der Waals surface area (Å²) >= 11 is 6.02. The van der Waals surface area contributed by atoms with Crippen LogP contribution >= 0.6 is 11.6 Å². The van der Waals surface area contributed by atoms with Gasteiger partial charge in [0.25, 0.3) is 0 Å². The van der Waals surface area contributed by atoms with Crippen LogP contribution in [0.25, 0.3) is 0 Å². The van der Waals surface area contributed by atoms with Crippen molar-refractivity contribution < 1.29 is 4.39 Å². The van der Waals surface area contributed by atoms with E-state index in [-0.39, 0.29) is 5.82 Å². The Morgan fingerprint density at radius 1 is 1.35 bits per heavy atom. The van der Waals surface area contributed by atoms with Gasteiger partial charge in [-0.05, 0) is 19.2 Å². The molecule has 1 atom stereocenters. The van der Waals surface area contributed by atoms with E-state index in [1.54, 1.807) is 37.8 Å². The van der Waals surface area contributed by atoms with Gasteiger partial charge in [-0.2, -0.15) is 0 Å². The molecule has 0 saturated heterocycles. The summed E-state index contributed by atoms with van der Waals surface area (Å²) in [4.78, 5) is 8.13. The maximum absolute atomic E-state index is 13.8. The predicted octanol–water partition coefficient (Wildman–Crippen LogP) is 2.58. The first-order valence-electron chi connectivity index (χ1n) is 5.11. The van der Waals surface area contributed by atoms with Crippen molar-refractivity contribution in [3.63, 3.8) is 0 Å². The minimum absolute atomic E-state index is 0.359. The van der Waals surface area contributed by atoms with Gasteiger partial charge in [-0.15, -0.1) is 0 Å². The molecule has 0 spiro atoms. The van der Waals surface area contributed by atoms with Crippen LogP contribution in [0.3, 0.4) is 0 Å². The van der Waals surface area contributed by atoms with Crippen molar-refractivity contribution in [2.24, 2.45) is 0 Å². The minimum atomic E-state index is -0.405. The summed E-state index contributed by atoms with van der Waals surface area (Å²) in [6, 6.07) is 4.20. The lowest BCUT2D eigenvalue weighted by Gasteiger charge is -2.17. The predicted molar refractivity (Wildman–Crippen MR) is 64.3 cm³/mol. The number of nitrogens with one attached hydrogen (secondary N) is 1. The molecule has 2 rings (SSSR count). The molecule has 5 heteroatoms. The van der Waals surface area contributed by atoms with Crippen LogP contribution in [0.1, 0.15) is 17.3 Å². The van der Waals surface area contributed by atoms with Gasteiger partial charge in [0, 0.05) is 23.0 Å². The zero-order valence-electron chi connectivity index (χ0n) is 9.19. The van der Waals surface area contributed by atoms with E-state index in [1.165, 1.54) is 6.07 Å². The van der Waals surface area contributed by atoms with Gasteiger partial charge in [-0.3, -0.25) is 9.97 Å². The monoisotopic (exact) mass is 251 g/mol. The van der Waals surface area contributed by atoms with Crippen LogP contribution in [0.2, 0.25) is 5.02 Å². The molecule has 3 nitrogen and oxygen atoms in total. The highest BCUT2D eigenvalue weighted by Crippen LogP contribution is 2.28. The first-order valence-corrected chi connectivity index (χ1v) is 5.49. The number of nitrogens with zero attached hydrogens (tertiary/aromatic N) is 2. The number of hydrogen-bond acceptors (Lipinski definition) is 3. The van der Waals surface area contributed by atoms with Crippen molar-refractivity contribution in [3.05, 3.63) is 58.9 Å². The zero-order valence-corrected chi connectivity index (χ0v) is 9.95. The van der Waals surface area contributed by atoms with E-state index in [9.17, 15) is 4.39 Å². The van der Waals surface area contributed by atoms with Gasteiger partial charge in [0.2, 0.25) is 0 Å². The molecular weight excluding hydrogens is 241 g/mol. The standard InChI is InChI=1S/C12H11ClFN3/c1-15-12(10-7-16-5-6-17-10)11-8(13)3-2-4-9(11)14/h2-7,12,15H,1H3. The Balaban J connectivity index is 2.50.